The van der Waals surface area contributed by atoms with E-state index in [2.05, 4.69) is 10.3 Å². The van der Waals surface area contributed by atoms with Gasteiger partial charge in [-0.05, 0) is 35.9 Å². The van der Waals surface area contributed by atoms with Crippen molar-refractivity contribution < 1.29 is 17.6 Å². The number of thiazole rings is 1. The maximum Gasteiger partial charge on any atom is 0.250 e. The molecule has 150 valence electrons. The van der Waals surface area contributed by atoms with Gasteiger partial charge < -0.3 is 0 Å². The molecule has 2 aromatic carbocycles. The average molecular weight is 432 g/mol. The predicted octanol–water partition coefficient (Wildman–Crippen LogP) is 3.85. The van der Waals surface area contributed by atoms with Gasteiger partial charge in [0.1, 0.15) is 5.82 Å². The lowest BCUT2D eigenvalue weighted by Crippen LogP contribution is -2.22. The first-order valence-corrected chi connectivity index (χ1v) is 10.8. The summed E-state index contributed by atoms with van der Waals surface area (Å²) in [5.41, 5.74) is 2.07. The Morgan fingerprint density at radius 3 is 2.38 bits per heavy atom. The van der Waals surface area contributed by atoms with E-state index in [0.717, 1.165) is 9.87 Å². The number of benzene rings is 2. The van der Waals surface area contributed by atoms with E-state index in [1.54, 1.807) is 35.7 Å². The molecule has 1 aromatic heterocycles. The molecule has 29 heavy (non-hydrogen) atoms. The summed E-state index contributed by atoms with van der Waals surface area (Å²) in [7, 11) is -0.537. The first kappa shape index (κ1) is 20.8. The highest BCUT2D eigenvalue weighted by atomic mass is 32.2. The van der Waals surface area contributed by atoms with Gasteiger partial charge in [0.25, 0.3) is 0 Å². The van der Waals surface area contributed by atoms with Gasteiger partial charge in [-0.2, -0.15) is 0 Å². The van der Waals surface area contributed by atoms with E-state index in [9.17, 15) is 17.6 Å². The molecular formula is C20H18FN3O3S2. The number of carbonyl (C=O) groups excluding carboxylic acids is 1. The largest absolute Gasteiger partial charge is 0.298 e. The molecule has 3 aromatic rings. The first-order chi connectivity index (χ1) is 13.8. The number of nitrogens with one attached hydrogen (secondary N) is 1. The molecule has 0 spiro atoms. The van der Waals surface area contributed by atoms with Crippen molar-refractivity contribution in [2.45, 2.75) is 4.90 Å². The topological polar surface area (TPSA) is 79.4 Å². The van der Waals surface area contributed by atoms with Gasteiger partial charge >= 0.3 is 0 Å². The third-order valence-electron chi connectivity index (χ3n) is 3.96. The van der Waals surface area contributed by atoms with Crippen LogP contribution in [0.4, 0.5) is 9.52 Å². The number of aromatic nitrogens is 1. The predicted molar refractivity (Wildman–Crippen MR) is 112 cm³/mol. The molecule has 1 amide bonds. The fraction of sp³-hybridized carbons (Fsp3) is 0.100. The average Bonchev–Trinajstić information content (AvgIpc) is 3.16. The highest BCUT2D eigenvalue weighted by Gasteiger charge is 2.17. The highest BCUT2D eigenvalue weighted by molar-refractivity contribution is 7.89. The maximum absolute atomic E-state index is 12.9. The summed E-state index contributed by atoms with van der Waals surface area (Å²) in [6, 6.07) is 12.2. The third kappa shape index (κ3) is 5.14. The second-order valence-electron chi connectivity index (χ2n) is 6.22. The van der Waals surface area contributed by atoms with Crippen LogP contribution in [0.25, 0.3) is 17.3 Å². The van der Waals surface area contributed by atoms with Crippen molar-refractivity contribution in [2.24, 2.45) is 0 Å². The van der Waals surface area contributed by atoms with Crippen LogP contribution in [-0.2, 0) is 14.8 Å². The Hall–Kier alpha value is -2.88. The van der Waals surface area contributed by atoms with E-state index >= 15 is 0 Å². The molecule has 0 atom stereocenters. The van der Waals surface area contributed by atoms with Crippen molar-refractivity contribution in [1.82, 2.24) is 9.29 Å². The molecule has 0 aliphatic heterocycles. The van der Waals surface area contributed by atoms with Gasteiger partial charge in [0.2, 0.25) is 15.9 Å². The van der Waals surface area contributed by atoms with Crippen LogP contribution in [-0.4, -0.2) is 37.7 Å². The Morgan fingerprint density at radius 2 is 1.76 bits per heavy atom. The second kappa shape index (κ2) is 8.64. The summed E-state index contributed by atoms with van der Waals surface area (Å²) in [6.45, 7) is 0. The molecule has 6 nitrogen and oxygen atoms in total. The number of amides is 1. The Balaban J connectivity index is 1.67. The number of hydrogen-bond acceptors (Lipinski definition) is 5. The SMILES string of the molecule is CN(C)S(=O)(=O)c1ccc(-c2csc(NC(=O)/C=C/c3ccc(F)cc3)n2)cc1. The Morgan fingerprint density at radius 1 is 1.10 bits per heavy atom. The van der Waals surface area contributed by atoms with Gasteiger partial charge in [0.15, 0.2) is 5.13 Å². The molecule has 1 heterocycles. The summed E-state index contributed by atoms with van der Waals surface area (Å²) < 4.78 is 38.3. The van der Waals surface area contributed by atoms with Crippen LogP contribution >= 0.6 is 11.3 Å². The molecule has 0 aliphatic rings. The standard InChI is InChI=1S/C20H18FN3O3S2/c1-24(2)29(26,27)17-10-6-15(7-11-17)18-13-28-20(22-18)23-19(25)12-5-14-3-8-16(21)9-4-14/h3-13H,1-2H3,(H,22,23,25)/b12-5+. The van der Waals surface area contributed by atoms with E-state index in [1.807, 2.05) is 0 Å². The molecule has 9 heteroatoms. The minimum absolute atomic E-state index is 0.195. The van der Waals surface area contributed by atoms with E-state index in [4.69, 9.17) is 0 Å². The number of halogens is 1. The molecule has 0 bridgehead atoms. The summed E-state index contributed by atoms with van der Waals surface area (Å²) in [5.74, 6) is -0.697. The monoisotopic (exact) mass is 431 g/mol. The second-order valence-corrected chi connectivity index (χ2v) is 9.23. The van der Waals surface area contributed by atoms with Crippen molar-refractivity contribution in [3.05, 3.63) is 71.4 Å². The number of anilines is 1. The van der Waals surface area contributed by atoms with Crippen LogP contribution in [0.3, 0.4) is 0 Å². The third-order valence-corrected chi connectivity index (χ3v) is 6.55. The molecule has 0 unspecified atom stereocenters. The minimum atomic E-state index is -3.49. The van der Waals surface area contributed by atoms with Crippen molar-refractivity contribution in [2.75, 3.05) is 19.4 Å². The van der Waals surface area contributed by atoms with Crippen LogP contribution in [0.5, 0.6) is 0 Å². The molecule has 0 saturated carbocycles. The van der Waals surface area contributed by atoms with Crippen LogP contribution in [0.2, 0.25) is 0 Å². The van der Waals surface area contributed by atoms with Crippen LogP contribution < -0.4 is 5.32 Å². The van der Waals surface area contributed by atoms with E-state index in [1.165, 1.54) is 55.8 Å². The Bertz CT molecular complexity index is 1140. The number of nitrogens with zero attached hydrogens (tertiary/aromatic N) is 2. The molecule has 0 fully saturated rings. The zero-order chi connectivity index (χ0) is 21.0. The van der Waals surface area contributed by atoms with Crippen LogP contribution in [0.15, 0.2) is 64.9 Å². The fourth-order valence-corrected chi connectivity index (χ4v) is 3.99. The van der Waals surface area contributed by atoms with Gasteiger partial charge in [0.05, 0.1) is 10.6 Å². The summed E-state index contributed by atoms with van der Waals surface area (Å²) in [6.07, 6.45) is 2.92. The molecule has 0 aliphatic carbocycles. The normalized spacial score (nSPS) is 11.9. The van der Waals surface area contributed by atoms with Crippen LogP contribution in [0.1, 0.15) is 5.56 Å². The lowest BCUT2D eigenvalue weighted by Gasteiger charge is -2.11. The zero-order valence-corrected chi connectivity index (χ0v) is 17.3. The molecule has 0 radical (unpaired) electrons. The van der Waals surface area contributed by atoms with Crippen molar-refractivity contribution in [3.8, 4) is 11.3 Å². The van der Waals surface area contributed by atoms with Gasteiger partial charge in [-0.3, -0.25) is 10.1 Å². The number of carbonyl (C=O) groups is 1. The van der Waals surface area contributed by atoms with E-state index < -0.39 is 10.0 Å². The van der Waals surface area contributed by atoms with Crippen LogP contribution in [0, 0.1) is 5.82 Å². The van der Waals surface area contributed by atoms with Gasteiger partial charge in [-0.25, -0.2) is 22.1 Å². The summed E-state index contributed by atoms with van der Waals surface area (Å²) >= 11 is 1.26. The highest BCUT2D eigenvalue weighted by Crippen LogP contribution is 2.26. The molecular weight excluding hydrogens is 413 g/mol. The number of hydrogen-bond donors (Lipinski definition) is 1. The van der Waals surface area contributed by atoms with Crippen molar-refractivity contribution in [1.29, 1.82) is 0 Å². The minimum Gasteiger partial charge on any atom is -0.298 e. The Kier molecular flexibility index (Phi) is 6.21. The molecule has 3 rings (SSSR count). The lowest BCUT2D eigenvalue weighted by molar-refractivity contribution is -0.111. The zero-order valence-electron chi connectivity index (χ0n) is 15.7. The smallest absolute Gasteiger partial charge is 0.250 e. The molecule has 0 saturated heterocycles. The number of sulfonamides is 1. The van der Waals surface area contributed by atoms with Crippen molar-refractivity contribution >= 4 is 38.5 Å². The summed E-state index contributed by atoms with van der Waals surface area (Å²) in [4.78, 5) is 16.6. The van der Waals surface area contributed by atoms with E-state index in [0.29, 0.717) is 16.4 Å². The van der Waals surface area contributed by atoms with Gasteiger partial charge in [-0.1, -0.05) is 24.3 Å². The number of rotatable bonds is 6. The van der Waals surface area contributed by atoms with E-state index in [-0.39, 0.29) is 16.6 Å². The Labute approximate surface area is 172 Å². The maximum atomic E-state index is 12.9. The summed E-state index contributed by atoms with van der Waals surface area (Å²) in [5, 5.41) is 4.86. The van der Waals surface area contributed by atoms with Crippen molar-refractivity contribution in [3.63, 3.8) is 0 Å². The lowest BCUT2D eigenvalue weighted by atomic mass is 10.2. The van der Waals surface area contributed by atoms with Gasteiger partial charge in [-0.15, -0.1) is 11.3 Å². The first-order valence-electron chi connectivity index (χ1n) is 8.49. The fourth-order valence-electron chi connectivity index (χ4n) is 2.37. The molecule has 1 N–H and O–H groups in total. The quantitative estimate of drug-likeness (QED) is 0.601. The van der Waals surface area contributed by atoms with Gasteiger partial charge in [0, 0.05) is 31.1 Å².